The van der Waals surface area contributed by atoms with E-state index in [9.17, 15) is 4.79 Å². The minimum Gasteiger partial charge on any atom is -0.451 e. The molecule has 0 unspecified atom stereocenters. The van der Waals surface area contributed by atoms with Crippen LogP contribution in [-0.4, -0.2) is 72.5 Å². The maximum atomic E-state index is 13.6. The molecule has 32 heavy (non-hydrogen) atoms. The molecule has 1 aromatic carbocycles. The van der Waals surface area contributed by atoms with Gasteiger partial charge < -0.3 is 19.1 Å². The van der Waals surface area contributed by atoms with Gasteiger partial charge >= 0.3 is 0 Å². The second-order valence-corrected chi connectivity index (χ2v) is 10.2. The molecule has 5 rings (SSSR count). The monoisotopic (exact) mass is 437 g/mol. The fourth-order valence-corrected chi connectivity index (χ4v) is 6.12. The number of nitrogens with zero attached hydrogens (tertiary/aromatic N) is 3. The molecule has 2 saturated heterocycles. The summed E-state index contributed by atoms with van der Waals surface area (Å²) in [6.07, 6.45) is 11.9. The van der Waals surface area contributed by atoms with Crippen LogP contribution in [-0.2, 0) is 0 Å². The van der Waals surface area contributed by atoms with Gasteiger partial charge in [-0.15, -0.1) is 0 Å². The lowest BCUT2D eigenvalue weighted by atomic mass is 9.95. The highest BCUT2D eigenvalue weighted by Gasteiger charge is 2.30. The van der Waals surface area contributed by atoms with Crippen LogP contribution in [0.2, 0.25) is 0 Å². The van der Waals surface area contributed by atoms with Crippen molar-refractivity contribution in [2.45, 2.75) is 63.8 Å². The summed E-state index contributed by atoms with van der Waals surface area (Å²) >= 11 is 0. The number of likely N-dealkylation sites (tertiary alicyclic amines) is 2. The van der Waals surface area contributed by atoms with Crippen molar-refractivity contribution < 1.29 is 9.21 Å². The quantitative estimate of drug-likeness (QED) is 0.610. The lowest BCUT2D eigenvalue weighted by molar-refractivity contribution is 0.0584. The zero-order chi connectivity index (χ0) is 21.8. The normalized spacial score (nSPS) is 23.7. The van der Waals surface area contributed by atoms with E-state index in [0.29, 0.717) is 11.7 Å². The number of fused-ring (bicyclic) bond motifs is 1. The zero-order valence-electron chi connectivity index (χ0n) is 19.5. The molecule has 1 amide bonds. The molecule has 3 heterocycles. The van der Waals surface area contributed by atoms with E-state index in [1.54, 1.807) is 0 Å². The molecule has 1 aromatic heterocycles. The Balaban J connectivity index is 1.28. The Hall–Kier alpha value is -1.85. The van der Waals surface area contributed by atoms with Crippen LogP contribution in [0.3, 0.4) is 0 Å². The van der Waals surface area contributed by atoms with E-state index in [-0.39, 0.29) is 5.91 Å². The average molecular weight is 438 g/mol. The molecule has 3 fully saturated rings. The van der Waals surface area contributed by atoms with Gasteiger partial charge in [0.1, 0.15) is 5.58 Å². The molecule has 1 atom stereocenters. The smallest absolute Gasteiger partial charge is 0.289 e. The highest BCUT2D eigenvalue weighted by molar-refractivity contribution is 5.96. The van der Waals surface area contributed by atoms with Crippen LogP contribution >= 0.6 is 0 Å². The summed E-state index contributed by atoms with van der Waals surface area (Å²) in [4.78, 5) is 21.0. The summed E-state index contributed by atoms with van der Waals surface area (Å²) in [5, 5.41) is 1.01. The van der Waals surface area contributed by atoms with E-state index in [1.807, 2.05) is 30.3 Å². The Morgan fingerprint density at radius 2 is 1.78 bits per heavy atom. The van der Waals surface area contributed by atoms with E-state index in [1.165, 1.54) is 77.4 Å². The topological polar surface area (TPSA) is 39.9 Å². The molecule has 2 aromatic rings. The number of furan rings is 1. The minimum absolute atomic E-state index is 0.0659. The van der Waals surface area contributed by atoms with Gasteiger partial charge in [0.05, 0.1) is 0 Å². The fraction of sp³-hybridized carbons (Fsp3) is 0.667. The minimum atomic E-state index is 0.0659. The van der Waals surface area contributed by atoms with Gasteiger partial charge in [-0.05, 0) is 76.2 Å². The summed E-state index contributed by atoms with van der Waals surface area (Å²) in [5.74, 6) is 1.13. The van der Waals surface area contributed by atoms with Crippen LogP contribution in [0, 0.1) is 5.92 Å². The van der Waals surface area contributed by atoms with Crippen molar-refractivity contribution in [3.63, 3.8) is 0 Å². The van der Waals surface area contributed by atoms with Gasteiger partial charge in [0.15, 0.2) is 5.76 Å². The highest BCUT2D eigenvalue weighted by Crippen LogP contribution is 2.29. The number of benzene rings is 1. The Morgan fingerprint density at radius 1 is 0.969 bits per heavy atom. The largest absolute Gasteiger partial charge is 0.451 e. The molecule has 0 radical (unpaired) electrons. The maximum Gasteiger partial charge on any atom is 0.289 e. The number of amides is 1. The van der Waals surface area contributed by atoms with Gasteiger partial charge in [0, 0.05) is 37.6 Å². The number of piperidine rings is 2. The van der Waals surface area contributed by atoms with E-state index < -0.39 is 0 Å². The third kappa shape index (κ3) is 5.20. The number of carbonyl (C=O) groups is 1. The maximum absolute atomic E-state index is 13.6. The first-order valence-corrected chi connectivity index (χ1v) is 13.0. The lowest BCUT2D eigenvalue weighted by Gasteiger charge is -2.39. The first-order valence-electron chi connectivity index (χ1n) is 13.0. The van der Waals surface area contributed by atoms with Crippen molar-refractivity contribution in [2.75, 3.05) is 45.8 Å². The Morgan fingerprint density at radius 3 is 2.59 bits per heavy atom. The standard InChI is InChI=1S/C27H39N3O2/c31-27(26-19-23-10-2-5-13-25(23)32-26)30(18-17-28-14-6-1-7-15-28)21-22-9-8-16-29(20-22)24-11-3-4-12-24/h2,5,10,13,19,22,24H,1,3-4,6-9,11-12,14-18,20-21H2/t22-/m0/s1. The zero-order valence-corrected chi connectivity index (χ0v) is 19.5. The fourth-order valence-electron chi connectivity index (χ4n) is 6.12. The molecule has 3 aliphatic rings. The van der Waals surface area contributed by atoms with Gasteiger partial charge in [-0.3, -0.25) is 4.79 Å². The molecule has 0 N–H and O–H groups in total. The van der Waals surface area contributed by atoms with Crippen LogP contribution in [0.15, 0.2) is 34.7 Å². The predicted molar refractivity (Wildman–Crippen MR) is 129 cm³/mol. The molecule has 1 aliphatic carbocycles. The average Bonchev–Trinajstić information content (AvgIpc) is 3.52. The Labute approximate surface area is 192 Å². The number of carbonyl (C=O) groups excluding carboxylic acids is 1. The molecule has 5 nitrogen and oxygen atoms in total. The Bertz CT molecular complexity index is 849. The lowest BCUT2D eigenvalue weighted by Crippen LogP contribution is -2.47. The third-order valence-electron chi connectivity index (χ3n) is 7.93. The van der Waals surface area contributed by atoms with E-state index in [0.717, 1.165) is 43.2 Å². The number of para-hydroxylation sites is 1. The van der Waals surface area contributed by atoms with Crippen LogP contribution in [0.1, 0.15) is 68.3 Å². The number of hydrogen-bond donors (Lipinski definition) is 0. The van der Waals surface area contributed by atoms with Gasteiger partial charge in [-0.25, -0.2) is 0 Å². The van der Waals surface area contributed by atoms with Crippen LogP contribution in [0.25, 0.3) is 11.0 Å². The van der Waals surface area contributed by atoms with E-state index in [2.05, 4.69) is 14.7 Å². The molecular formula is C27H39N3O2. The summed E-state index contributed by atoms with van der Waals surface area (Å²) in [7, 11) is 0. The first-order chi connectivity index (χ1) is 15.8. The highest BCUT2D eigenvalue weighted by atomic mass is 16.3. The van der Waals surface area contributed by atoms with Crippen molar-refractivity contribution in [2.24, 2.45) is 5.92 Å². The SMILES string of the molecule is O=C(c1cc2ccccc2o1)N(CCN1CCCCC1)C[C@H]1CCCN(C2CCCC2)C1. The van der Waals surface area contributed by atoms with Crippen molar-refractivity contribution in [1.29, 1.82) is 0 Å². The summed E-state index contributed by atoms with van der Waals surface area (Å²) < 4.78 is 5.98. The van der Waals surface area contributed by atoms with Crippen molar-refractivity contribution in [3.8, 4) is 0 Å². The number of hydrogen-bond acceptors (Lipinski definition) is 4. The molecule has 5 heteroatoms. The van der Waals surface area contributed by atoms with E-state index in [4.69, 9.17) is 4.42 Å². The predicted octanol–water partition coefficient (Wildman–Crippen LogP) is 5.02. The van der Waals surface area contributed by atoms with Crippen molar-refractivity contribution in [1.82, 2.24) is 14.7 Å². The van der Waals surface area contributed by atoms with Gasteiger partial charge in [0.2, 0.25) is 0 Å². The molecule has 0 bridgehead atoms. The molecular weight excluding hydrogens is 398 g/mol. The van der Waals surface area contributed by atoms with Crippen LogP contribution < -0.4 is 0 Å². The van der Waals surface area contributed by atoms with Crippen molar-refractivity contribution >= 4 is 16.9 Å². The van der Waals surface area contributed by atoms with E-state index >= 15 is 0 Å². The third-order valence-corrected chi connectivity index (χ3v) is 7.93. The Kier molecular flexibility index (Phi) is 7.13. The number of rotatable bonds is 7. The van der Waals surface area contributed by atoms with Crippen LogP contribution in [0.4, 0.5) is 0 Å². The molecule has 174 valence electrons. The second-order valence-electron chi connectivity index (χ2n) is 10.2. The van der Waals surface area contributed by atoms with Crippen molar-refractivity contribution in [3.05, 3.63) is 36.1 Å². The molecule has 1 saturated carbocycles. The van der Waals surface area contributed by atoms with Gasteiger partial charge in [0.25, 0.3) is 5.91 Å². The first kappa shape index (κ1) is 22.0. The summed E-state index contributed by atoms with van der Waals surface area (Å²) in [5.41, 5.74) is 0.803. The molecule has 0 spiro atoms. The van der Waals surface area contributed by atoms with Gasteiger partial charge in [-0.2, -0.15) is 0 Å². The van der Waals surface area contributed by atoms with Gasteiger partial charge in [-0.1, -0.05) is 37.5 Å². The second kappa shape index (κ2) is 10.4. The molecule has 2 aliphatic heterocycles. The summed E-state index contributed by atoms with van der Waals surface area (Å²) in [6, 6.07) is 10.6. The summed E-state index contributed by atoms with van der Waals surface area (Å²) in [6.45, 7) is 7.37. The van der Waals surface area contributed by atoms with Crippen LogP contribution in [0.5, 0.6) is 0 Å².